The second-order valence-electron chi connectivity index (χ2n) is 13.7. The third kappa shape index (κ3) is 3.32. The van der Waals surface area contributed by atoms with Crippen LogP contribution in [0.3, 0.4) is 0 Å². The Morgan fingerprint density at radius 2 is 1.52 bits per heavy atom. The van der Waals surface area contributed by atoms with Crippen LogP contribution in [0.4, 0.5) is 0 Å². The van der Waals surface area contributed by atoms with E-state index in [1.165, 1.54) is 51.4 Å². The molecule has 0 radical (unpaired) electrons. The molecular weight excluding hydrogens is 372 g/mol. The number of aliphatic hydroxyl groups is 1. The van der Waals surface area contributed by atoms with Gasteiger partial charge in [0, 0.05) is 6.10 Å². The summed E-state index contributed by atoms with van der Waals surface area (Å²) >= 11 is 0. The van der Waals surface area contributed by atoms with Gasteiger partial charge in [-0.1, -0.05) is 34.6 Å². The van der Waals surface area contributed by atoms with Gasteiger partial charge >= 0.3 is 0 Å². The van der Waals surface area contributed by atoms with E-state index in [1.54, 1.807) is 0 Å². The molecule has 29 heavy (non-hydrogen) atoms. The topological polar surface area (TPSA) is 29.5 Å². The zero-order valence-corrected chi connectivity index (χ0v) is 21.6. The monoisotopic (exact) mass is 420 g/mol. The average molecular weight is 421 g/mol. The van der Waals surface area contributed by atoms with Crippen molar-refractivity contribution in [2.45, 2.75) is 129 Å². The van der Waals surface area contributed by atoms with Gasteiger partial charge in [0.15, 0.2) is 8.32 Å². The fourth-order valence-corrected chi connectivity index (χ4v) is 9.56. The summed E-state index contributed by atoms with van der Waals surface area (Å²) in [5.41, 5.74) is 0.209. The quantitative estimate of drug-likeness (QED) is 0.480. The molecule has 0 amide bonds. The summed E-state index contributed by atoms with van der Waals surface area (Å²) in [4.78, 5) is 0. The van der Waals surface area contributed by atoms with Crippen LogP contribution in [0.1, 0.15) is 99.3 Å². The molecule has 168 valence electrons. The number of fused-ring (bicyclic) bond motifs is 5. The minimum atomic E-state index is -1.68. The molecule has 0 spiro atoms. The predicted molar refractivity (Wildman–Crippen MR) is 124 cm³/mol. The Balaban J connectivity index is 1.49. The SMILES string of the molecule is CC12CCC(O[Si](C)(C)C(C)(C)C)CC1CCC1C2CCC2(C)C1CCC2(C)O. The highest BCUT2D eigenvalue weighted by atomic mass is 28.4. The van der Waals surface area contributed by atoms with Gasteiger partial charge in [-0.15, -0.1) is 0 Å². The molecule has 8 unspecified atom stereocenters. The van der Waals surface area contributed by atoms with Crippen molar-refractivity contribution >= 4 is 8.32 Å². The molecule has 0 heterocycles. The molecule has 4 aliphatic rings. The Morgan fingerprint density at radius 3 is 2.17 bits per heavy atom. The van der Waals surface area contributed by atoms with Crippen LogP contribution in [-0.2, 0) is 4.43 Å². The summed E-state index contributed by atoms with van der Waals surface area (Å²) in [6, 6.07) is 0. The van der Waals surface area contributed by atoms with Crippen LogP contribution in [0.2, 0.25) is 18.1 Å². The molecule has 0 aromatic rings. The highest BCUT2D eigenvalue weighted by molar-refractivity contribution is 6.74. The van der Waals surface area contributed by atoms with Crippen molar-refractivity contribution in [1.29, 1.82) is 0 Å². The van der Waals surface area contributed by atoms with Crippen molar-refractivity contribution in [2.24, 2.45) is 34.5 Å². The van der Waals surface area contributed by atoms with Gasteiger partial charge in [0.25, 0.3) is 0 Å². The number of rotatable bonds is 2. The first-order chi connectivity index (χ1) is 13.2. The molecule has 0 aliphatic heterocycles. The standard InChI is InChI=1S/C26H48O2Si/c1-23(2,3)29(7,8)28-19-11-14-24(4)18(17-19)9-10-20-21(24)12-15-25(5)22(20)13-16-26(25,6)27/h18-22,27H,9-17H2,1-8H3. The van der Waals surface area contributed by atoms with Gasteiger partial charge in [0.2, 0.25) is 0 Å². The van der Waals surface area contributed by atoms with Gasteiger partial charge in [-0.05, 0) is 117 Å². The molecule has 8 atom stereocenters. The summed E-state index contributed by atoms with van der Waals surface area (Å²) in [7, 11) is -1.68. The molecule has 3 heteroatoms. The average Bonchev–Trinajstić information content (AvgIpc) is 2.84. The van der Waals surface area contributed by atoms with Gasteiger partial charge < -0.3 is 9.53 Å². The van der Waals surface area contributed by atoms with Gasteiger partial charge in [-0.25, -0.2) is 0 Å². The Bertz CT molecular complexity index is 635. The van der Waals surface area contributed by atoms with E-state index in [0.717, 1.165) is 30.1 Å². The van der Waals surface area contributed by atoms with Crippen LogP contribution in [0.5, 0.6) is 0 Å². The predicted octanol–water partition coefficient (Wildman–Crippen LogP) is 7.17. The molecule has 0 aromatic carbocycles. The second-order valence-corrected chi connectivity index (χ2v) is 18.5. The van der Waals surface area contributed by atoms with E-state index in [2.05, 4.69) is 54.6 Å². The first-order valence-electron chi connectivity index (χ1n) is 12.6. The van der Waals surface area contributed by atoms with Crippen molar-refractivity contribution < 1.29 is 9.53 Å². The molecule has 4 aliphatic carbocycles. The Morgan fingerprint density at radius 1 is 0.862 bits per heavy atom. The van der Waals surface area contributed by atoms with Gasteiger partial charge in [-0.3, -0.25) is 0 Å². The van der Waals surface area contributed by atoms with Crippen LogP contribution < -0.4 is 0 Å². The second kappa shape index (κ2) is 6.82. The van der Waals surface area contributed by atoms with Crippen LogP contribution in [0, 0.1) is 34.5 Å². The lowest BCUT2D eigenvalue weighted by Crippen LogP contribution is -2.57. The minimum absolute atomic E-state index is 0.153. The molecule has 0 aromatic heterocycles. The van der Waals surface area contributed by atoms with Crippen molar-refractivity contribution in [3.63, 3.8) is 0 Å². The van der Waals surface area contributed by atoms with E-state index in [0.29, 0.717) is 16.6 Å². The fraction of sp³-hybridized carbons (Fsp3) is 1.00. The summed E-state index contributed by atoms with van der Waals surface area (Å²) in [6.07, 6.45) is 12.0. The number of hydrogen-bond donors (Lipinski definition) is 1. The summed E-state index contributed by atoms with van der Waals surface area (Å²) in [5.74, 6) is 3.32. The molecule has 1 N–H and O–H groups in total. The van der Waals surface area contributed by atoms with Crippen LogP contribution >= 0.6 is 0 Å². The third-order valence-corrected chi connectivity index (χ3v) is 16.0. The maximum Gasteiger partial charge on any atom is 0.192 e. The minimum Gasteiger partial charge on any atom is -0.414 e. The van der Waals surface area contributed by atoms with E-state index in [1.807, 2.05) is 0 Å². The lowest BCUT2D eigenvalue weighted by atomic mass is 9.44. The number of hydrogen-bond acceptors (Lipinski definition) is 2. The van der Waals surface area contributed by atoms with Crippen molar-refractivity contribution in [3.05, 3.63) is 0 Å². The smallest absolute Gasteiger partial charge is 0.192 e. The Kier molecular flexibility index (Phi) is 5.25. The highest BCUT2D eigenvalue weighted by Gasteiger charge is 2.63. The first kappa shape index (κ1) is 22.3. The van der Waals surface area contributed by atoms with E-state index >= 15 is 0 Å². The molecule has 0 saturated heterocycles. The molecular formula is C26H48O2Si. The lowest BCUT2D eigenvalue weighted by Gasteiger charge is -2.62. The van der Waals surface area contributed by atoms with E-state index in [-0.39, 0.29) is 5.41 Å². The van der Waals surface area contributed by atoms with Gasteiger partial charge in [0.1, 0.15) is 0 Å². The van der Waals surface area contributed by atoms with Crippen molar-refractivity contribution in [3.8, 4) is 0 Å². The zero-order chi connectivity index (χ0) is 21.5. The Hall–Kier alpha value is 0.137. The molecule has 2 nitrogen and oxygen atoms in total. The zero-order valence-electron chi connectivity index (χ0n) is 20.6. The molecule has 0 bridgehead atoms. The Labute approximate surface area is 181 Å². The maximum atomic E-state index is 11.1. The third-order valence-electron chi connectivity index (χ3n) is 11.4. The maximum absolute atomic E-state index is 11.1. The van der Waals surface area contributed by atoms with E-state index in [9.17, 15) is 5.11 Å². The molecule has 4 saturated carbocycles. The summed E-state index contributed by atoms with van der Waals surface area (Å²) in [6.45, 7) is 19.1. The highest BCUT2D eigenvalue weighted by Crippen LogP contribution is 2.68. The van der Waals surface area contributed by atoms with Crippen molar-refractivity contribution in [2.75, 3.05) is 0 Å². The fourth-order valence-electron chi connectivity index (χ4n) is 8.16. The largest absolute Gasteiger partial charge is 0.414 e. The lowest BCUT2D eigenvalue weighted by molar-refractivity contribution is -0.152. The van der Waals surface area contributed by atoms with Crippen LogP contribution in [-0.4, -0.2) is 25.1 Å². The van der Waals surface area contributed by atoms with Gasteiger partial charge in [0.05, 0.1) is 5.60 Å². The summed E-state index contributed by atoms with van der Waals surface area (Å²) in [5, 5.41) is 11.4. The van der Waals surface area contributed by atoms with Gasteiger partial charge in [-0.2, -0.15) is 0 Å². The molecule has 4 rings (SSSR count). The van der Waals surface area contributed by atoms with E-state index in [4.69, 9.17) is 4.43 Å². The summed E-state index contributed by atoms with van der Waals surface area (Å²) < 4.78 is 6.89. The molecule has 4 fully saturated rings. The van der Waals surface area contributed by atoms with Crippen LogP contribution in [0.15, 0.2) is 0 Å². The van der Waals surface area contributed by atoms with E-state index < -0.39 is 13.9 Å². The van der Waals surface area contributed by atoms with Crippen molar-refractivity contribution in [1.82, 2.24) is 0 Å². The first-order valence-corrected chi connectivity index (χ1v) is 15.5. The van der Waals surface area contributed by atoms with Crippen LogP contribution in [0.25, 0.3) is 0 Å². The normalized spacial score (nSPS) is 50.6.